The van der Waals surface area contributed by atoms with Crippen molar-refractivity contribution in [2.24, 2.45) is 0 Å². The largest absolute Gasteiger partial charge is 0.352 e. The van der Waals surface area contributed by atoms with E-state index in [4.69, 9.17) is 15.1 Å². The number of hydrogen-bond acceptors (Lipinski definition) is 5. The molecule has 5 rings (SSSR count). The Morgan fingerprint density at radius 2 is 1.67 bits per heavy atom. The third-order valence-electron chi connectivity index (χ3n) is 7.73. The summed E-state index contributed by atoms with van der Waals surface area (Å²) < 4.78 is 15.4. The number of nitrogens with zero attached hydrogens (tertiary/aromatic N) is 6. The zero-order chi connectivity index (χ0) is 27.5. The lowest BCUT2D eigenvalue weighted by molar-refractivity contribution is -0.133. The van der Waals surface area contributed by atoms with Crippen molar-refractivity contribution in [3.05, 3.63) is 77.5 Å². The highest BCUT2D eigenvalue weighted by Crippen LogP contribution is 2.32. The summed E-state index contributed by atoms with van der Waals surface area (Å²) in [5.74, 6) is 1.62. The molecular weight excluding hydrogens is 491 g/mol. The number of anilines is 1. The second-order valence-electron chi connectivity index (χ2n) is 10.5. The van der Waals surface area contributed by atoms with Gasteiger partial charge in [-0.2, -0.15) is 5.10 Å². The Labute approximate surface area is 229 Å². The van der Waals surface area contributed by atoms with Crippen LogP contribution in [0.1, 0.15) is 69.0 Å². The molecule has 1 fully saturated rings. The minimum absolute atomic E-state index is 0.124. The summed E-state index contributed by atoms with van der Waals surface area (Å²) >= 11 is 0. The number of hydrogen-bond donors (Lipinski definition) is 0. The Morgan fingerprint density at radius 3 is 2.31 bits per heavy atom. The van der Waals surface area contributed by atoms with Crippen molar-refractivity contribution in [3.8, 4) is 5.69 Å². The van der Waals surface area contributed by atoms with Crippen molar-refractivity contribution in [1.29, 1.82) is 0 Å². The Morgan fingerprint density at radius 1 is 0.974 bits per heavy atom. The summed E-state index contributed by atoms with van der Waals surface area (Å²) in [7, 11) is 0. The summed E-state index contributed by atoms with van der Waals surface area (Å²) in [5, 5.41) is 5.71. The molecule has 4 aromatic rings. The molecule has 0 radical (unpaired) electrons. The summed E-state index contributed by atoms with van der Waals surface area (Å²) in [6, 6.07) is 16.4. The van der Waals surface area contributed by atoms with Gasteiger partial charge in [0.05, 0.1) is 22.7 Å². The number of rotatable bonds is 8. The molecule has 0 spiro atoms. The van der Waals surface area contributed by atoms with Crippen molar-refractivity contribution in [1.82, 2.24) is 24.6 Å². The van der Waals surface area contributed by atoms with Crippen LogP contribution in [0.2, 0.25) is 0 Å². The average molecular weight is 529 g/mol. The van der Waals surface area contributed by atoms with Crippen molar-refractivity contribution in [2.45, 2.75) is 58.8 Å². The van der Waals surface area contributed by atoms with E-state index >= 15 is 0 Å². The van der Waals surface area contributed by atoms with Gasteiger partial charge in [-0.1, -0.05) is 57.5 Å². The maximum absolute atomic E-state index is 13.7. The fraction of sp³-hybridized carbons (Fsp3) is 0.419. The van der Waals surface area contributed by atoms with E-state index in [9.17, 15) is 9.18 Å². The molecular formula is C31H37FN6O. The van der Waals surface area contributed by atoms with E-state index in [-0.39, 0.29) is 23.6 Å². The van der Waals surface area contributed by atoms with Gasteiger partial charge in [-0.15, -0.1) is 0 Å². The predicted octanol–water partition coefficient (Wildman–Crippen LogP) is 6.01. The molecule has 1 saturated heterocycles. The smallest absolute Gasteiger partial charge is 0.230 e. The van der Waals surface area contributed by atoms with Gasteiger partial charge in [0.25, 0.3) is 0 Å². The van der Waals surface area contributed by atoms with E-state index in [2.05, 4.69) is 25.7 Å². The second kappa shape index (κ2) is 11.5. The maximum Gasteiger partial charge on any atom is 0.230 e. The zero-order valence-corrected chi connectivity index (χ0v) is 23.3. The first-order chi connectivity index (χ1) is 18.9. The number of benzene rings is 2. The van der Waals surface area contributed by atoms with Crippen LogP contribution in [-0.4, -0.2) is 56.7 Å². The van der Waals surface area contributed by atoms with E-state index in [1.165, 1.54) is 12.1 Å². The number of amides is 1. The van der Waals surface area contributed by atoms with Gasteiger partial charge < -0.3 is 9.80 Å². The van der Waals surface area contributed by atoms with E-state index in [0.717, 1.165) is 58.9 Å². The Hall–Kier alpha value is -3.81. The first-order valence-electron chi connectivity index (χ1n) is 14.0. The lowest BCUT2D eigenvalue weighted by Crippen LogP contribution is -2.50. The van der Waals surface area contributed by atoms with Gasteiger partial charge in [-0.05, 0) is 49.6 Å². The fourth-order valence-electron chi connectivity index (χ4n) is 5.55. The molecule has 8 heteroatoms. The van der Waals surface area contributed by atoms with Gasteiger partial charge in [0.15, 0.2) is 5.65 Å². The topological polar surface area (TPSA) is 67.2 Å². The van der Waals surface area contributed by atoms with Gasteiger partial charge in [-0.3, -0.25) is 4.79 Å². The number of carbonyl (C=O) groups is 1. The van der Waals surface area contributed by atoms with Gasteiger partial charge >= 0.3 is 0 Å². The van der Waals surface area contributed by atoms with E-state index in [1.54, 1.807) is 16.8 Å². The molecule has 3 heterocycles. The molecule has 2 aromatic carbocycles. The van der Waals surface area contributed by atoms with Crippen molar-refractivity contribution >= 4 is 22.8 Å². The lowest BCUT2D eigenvalue weighted by atomic mass is 9.95. The summed E-state index contributed by atoms with van der Waals surface area (Å²) in [4.78, 5) is 27.8. The normalized spacial score (nSPS) is 15.5. The molecule has 1 amide bonds. The minimum Gasteiger partial charge on any atom is -0.352 e. The number of aryl methyl sites for hydroxylation is 1. The van der Waals surface area contributed by atoms with Gasteiger partial charge in [0.1, 0.15) is 17.5 Å². The molecule has 0 saturated carbocycles. The van der Waals surface area contributed by atoms with Gasteiger partial charge in [0.2, 0.25) is 5.91 Å². The number of piperazine rings is 1. The molecule has 1 aliphatic rings. The highest BCUT2D eigenvalue weighted by molar-refractivity contribution is 5.91. The second-order valence-corrected chi connectivity index (χ2v) is 10.5. The highest BCUT2D eigenvalue weighted by Gasteiger charge is 2.30. The molecule has 0 aliphatic carbocycles. The Kier molecular flexibility index (Phi) is 7.91. The number of carbonyl (C=O) groups excluding carboxylic acids is 1. The third kappa shape index (κ3) is 5.37. The van der Waals surface area contributed by atoms with Crippen LogP contribution in [0.3, 0.4) is 0 Å². The van der Waals surface area contributed by atoms with Crippen LogP contribution in [0.15, 0.2) is 54.6 Å². The van der Waals surface area contributed by atoms with Crippen molar-refractivity contribution < 1.29 is 9.18 Å². The van der Waals surface area contributed by atoms with Gasteiger partial charge in [-0.25, -0.2) is 19.0 Å². The molecule has 204 valence electrons. The van der Waals surface area contributed by atoms with Crippen LogP contribution in [0.5, 0.6) is 0 Å². The number of fused-ring (bicyclic) bond motifs is 1. The molecule has 39 heavy (non-hydrogen) atoms. The molecule has 2 atom stereocenters. The summed E-state index contributed by atoms with van der Waals surface area (Å²) in [5.41, 5.74) is 3.39. The Balaban J connectivity index is 1.47. The zero-order valence-electron chi connectivity index (χ0n) is 23.3. The van der Waals surface area contributed by atoms with Crippen LogP contribution >= 0.6 is 0 Å². The van der Waals surface area contributed by atoms with Crippen molar-refractivity contribution in [3.63, 3.8) is 0 Å². The molecule has 7 nitrogen and oxygen atoms in total. The predicted molar refractivity (Wildman–Crippen MR) is 153 cm³/mol. The highest BCUT2D eigenvalue weighted by atomic mass is 19.1. The Bertz CT molecular complexity index is 1430. The number of halogens is 1. The van der Waals surface area contributed by atoms with Gasteiger partial charge in [0, 0.05) is 32.1 Å². The van der Waals surface area contributed by atoms with E-state index < -0.39 is 0 Å². The molecule has 1 aliphatic heterocycles. The summed E-state index contributed by atoms with van der Waals surface area (Å²) in [6.45, 7) is 11.0. The van der Waals surface area contributed by atoms with Crippen LogP contribution in [0, 0.1) is 12.7 Å². The molecule has 2 unspecified atom stereocenters. The van der Waals surface area contributed by atoms with Crippen molar-refractivity contribution in [2.75, 3.05) is 31.1 Å². The quantitative estimate of drug-likeness (QED) is 0.280. The molecule has 0 bridgehead atoms. The lowest BCUT2D eigenvalue weighted by Gasteiger charge is -2.37. The van der Waals surface area contributed by atoms with Crippen LogP contribution in [0.25, 0.3) is 16.7 Å². The summed E-state index contributed by atoms with van der Waals surface area (Å²) in [6.07, 6.45) is 2.79. The maximum atomic E-state index is 13.7. The average Bonchev–Trinajstić information content (AvgIpc) is 3.30. The first-order valence-corrected chi connectivity index (χ1v) is 14.0. The molecule has 2 aromatic heterocycles. The molecule has 0 N–H and O–H groups in total. The standard InChI is InChI=1S/C31H37FN6O/c1-5-10-21(3)28-33-29(27-22(4)35-38(30(27)34-28)25-15-13-24(32)14-16-25)36-17-19-37(20-18-36)31(39)26(6-2)23-11-8-7-9-12-23/h7-9,11-16,21,26H,5-6,10,17-20H2,1-4H3. The first kappa shape index (κ1) is 26.8. The van der Waals surface area contributed by atoms with Crippen LogP contribution in [0.4, 0.5) is 10.2 Å². The van der Waals surface area contributed by atoms with E-state index in [1.807, 2.05) is 42.2 Å². The fourth-order valence-corrected chi connectivity index (χ4v) is 5.55. The van der Waals surface area contributed by atoms with Crippen LogP contribution < -0.4 is 4.90 Å². The minimum atomic E-state index is -0.287. The monoisotopic (exact) mass is 528 g/mol. The SMILES string of the molecule is CCCC(C)c1nc(N2CCN(C(=O)C(CC)c3ccccc3)CC2)c2c(C)nn(-c3ccc(F)cc3)c2n1. The third-order valence-corrected chi connectivity index (χ3v) is 7.73. The number of aromatic nitrogens is 4. The van der Waals surface area contributed by atoms with Crippen LogP contribution in [-0.2, 0) is 4.79 Å². The van der Waals surface area contributed by atoms with E-state index in [0.29, 0.717) is 26.2 Å².